The Morgan fingerprint density at radius 2 is 2.33 bits per heavy atom. The van der Waals surface area contributed by atoms with Crippen molar-refractivity contribution in [3.05, 3.63) is 33.9 Å². The lowest BCUT2D eigenvalue weighted by Crippen LogP contribution is -1.94. The average molecular weight is 222 g/mol. The third-order valence-corrected chi connectivity index (χ3v) is 3.04. The van der Waals surface area contributed by atoms with Crippen molar-refractivity contribution in [2.24, 2.45) is 0 Å². The van der Waals surface area contributed by atoms with Gasteiger partial charge in [0.2, 0.25) is 0 Å². The third-order valence-electron chi connectivity index (χ3n) is 1.77. The number of hydrogen-bond acceptors (Lipinski definition) is 4. The van der Waals surface area contributed by atoms with E-state index in [0.29, 0.717) is 4.90 Å². The largest absolute Gasteiger partial charge is 0.288 e. The molecule has 0 heterocycles. The number of nitro benzene ring substituents is 1. The van der Waals surface area contributed by atoms with Gasteiger partial charge in [-0.2, -0.15) is 5.26 Å². The highest BCUT2D eigenvalue weighted by atomic mass is 32.2. The van der Waals surface area contributed by atoms with Crippen LogP contribution >= 0.6 is 11.8 Å². The van der Waals surface area contributed by atoms with E-state index in [9.17, 15) is 10.1 Å². The van der Waals surface area contributed by atoms with Gasteiger partial charge in [0, 0.05) is 11.0 Å². The van der Waals surface area contributed by atoms with E-state index in [-0.39, 0.29) is 11.3 Å². The second-order valence-corrected chi connectivity index (χ2v) is 4.00. The van der Waals surface area contributed by atoms with Crippen molar-refractivity contribution in [3.8, 4) is 6.07 Å². The van der Waals surface area contributed by atoms with Crippen molar-refractivity contribution in [2.75, 3.05) is 5.75 Å². The normalized spacial score (nSPS) is 9.60. The Morgan fingerprint density at radius 3 is 2.87 bits per heavy atom. The zero-order chi connectivity index (χ0) is 11.3. The van der Waals surface area contributed by atoms with Gasteiger partial charge in [-0.1, -0.05) is 13.0 Å². The molecule has 4 nitrogen and oxygen atoms in total. The van der Waals surface area contributed by atoms with Crippen LogP contribution in [0.5, 0.6) is 0 Å². The SMILES string of the molecule is CCCSc1cccc([N+](=O)[O-])c1C#N. The molecule has 0 spiro atoms. The molecule has 1 rings (SSSR count). The Morgan fingerprint density at radius 1 is 1.60 bits per heavy atom. The molecule has 0 bridgehead atoms. The molecule has 0 saturated heterocycles. The molecule has 78 valence electrons. The lowest BCUT2D eigenvalue weighted by molar-refractivity contribution is -0.385. The molecule has 15 heavy (non-hydrogen) atoms. The summed E-state index contributed by atoms with van der Waals surface area (Å²) in [4.78, 5) is 10.8. The minimum atomic E-state index is -0.519. The van der Waals surface area contributed by atoms with Gasteiger partial charge in [-0.3, -0.25) is 10.1 Å². The summed E-state index contributed by atoms with van der Waals surface area (Å²) in [7, 11) is 0. The molecule has 0 atom stereocenters. The Bertz CT molecular complexity index is 412. The molecule has 0 unspecified atom stereocenters. The third kappa shape index (κ3) is 2.70. The topological polar surface area (TPSA) is 66.9 Å². The predicted molar refractivity (Wildman–Crippen MR) is 58.8 cm³/mol. The quantitative estimate of drug-likeness (QED) is 0.446. The Hall–Kier alpha value is -1.54. The summed E-state index contributed by atoms with van der Waals surface area (Å²) in [5.74, 6) is 0.857. The summed E-state index contributed by atoms with van der Waals surface area (Å²) in [6.45, 7) is 2.02. The number of nitro groups is 1. The number of rotatable bonds is 4. The van der Waals surface area contributed by atoms with Gasteiger partial charge >= 0.3 is 0 Å². The summed E-state index contributed by atoms with van der Waals surface area (Å²) >= 11 is 1.48. The fourth-order valence-electron chi connectivity index (χ4n) is 1.12. The second-order valence-electron chi connectivity index (χ2n) is 2.87. The molecule has 1 aromatic rings. The predicted octanol–water partition coefficient (Wildman–Crippen LogP) is 2.97. The van der Waals surface area contributed by atoms with Crippen molar-refractivity contribution >= 4 is 17.4 Å². The Labute approximate surface area is 92.1 Å². The van der Waals surface area contributed by atoms with Gasteiger partial charge in [-0.05, 0) is 18.2 Å². The lowest BCUT2D eigenvalue weighted by Gasteiger charge is -2.02. The molecule has 0 N–H and O–H groups in total. The maximum atomic E-state index is 10.7. The van der Waals surface area contributed by atoms with E-state index < -0.39 is 4.92 Å². The standard InChI is InChI=1S/C10H10N2O2S/c1-2-6-15-10-5-3-4-9(12(13)14)8(10)7-11/h3-5H,2,6H2,1H3. The average Bonchev–Trinajstić information content (AvgIpc) is 2.25. The van der Waals surface area contributed by atoms with Crippen molar-refractivity contribution in [1.82, 2.24) is 0 Å². The molecule has 0 aliphatic heterocycles. The molecule has 0 fully saturated rings. The fourth-order valence-corrected chi connectivity index (χ4v) is 2.01. The van der Waals surface area contributed by atoms with Crippen LogP contribution in [0.3, 0.4) is 0 Å². The molecule has 5 heteroatoms. The summed E-state index contributed by atoms with van der Waals surface area (Å²) in [5.41, 5.74) is 0.0551. The van der Waals surface area contributed by atoms with E-state index in [0.717, 1.165) is 12.2 Å². The molecule has 0 aromatic heterocycles. The zero-order valence-electron chi connectivity index (χ0n) is 8.27. The van der Waals surface area contributed by atoms with Crippen LogP contribution in [0, 0.1) is 21.4 Å². The van der Waals surface area contributed by atoms with Crippen LogP contribution in [0.25, 0.3) is 0 Å². The van der Waals surface area contributed by atoms with E-state index in [4.69, 9.17) is 5.26 Å². The van der Waals surface area contributed by atoms with Crippen LogP contribution < -0.4 is 0 Å². The van der Waals surface area contributed by atoms with Crippen LogP contribution in [-0.2, 0) is 0 Å². The molecule has 0 saturated carbocycles. The number of thioether (sulfide) groups is 1. The van der Waals surface area contributed by atoms with E-state index in [1.165, 1.54) is 17.8 Å². The van der Waals surface area contributed by atoms with Crippen LogP contribution in [0.2, 0.25) is 0 Å². The first kappa shape index (κ1) is 11.5. The van der Waals surface area contributed by atoms with E-state index in [2.05, 4.69) is 0 Å². The summed E-state index contributed by atoms with van der Waals surface area (Å²) in [6.07, 6.45) is 0.970. The Kier molecular flexibility index (Phi) is 4.13. The van der Waals surface area contributed by atoms with Gasteiger partial charge in [0.25, 0.3) is 5.69 Å². The van der Waals surface area contributed by atoms with Gasteiger partial charge < -0.3 is 0 Å². The lowest BCUT2D eigenvalue weighted by atomic mass is 10.2. The smallest absolute Gasteiger partial charge is 0.258 e. The number of nitriles is 1. The maximum absolute atomic E-state index is 10.7. The van der Waals surface area contributed by atoms with E-state index >= 15 is 0 Å². The monoisotopic (exact) mass is 222 g/mol. The highest BCUT2D eigenvalue weighted by Crippen LogP contribution is 2.29. The summed E-state index contributed by atoms with van der Waals surface area (Å²) < 4.78 is 0. The van der Waals surface area contributed by atoms with Crippen molar-refractivity contribution in [3.63, 3.8) is 0 Å². The molecular formula is C10H10N2O2S. The van der Waals surface area contributed by atoms with Crippen LogP contribution in [0.4, 0.5) is 5.69 Å². The summed E-state index contributed by atoms with van der Waals surface area (Å²) in [5, 5.41) is 19.5. The number of hydrogen-bond donors (Lipinski definition) is 0. The molecule has 0 radical (unpaired) electrons. The minimum absolute atomic E-state index is 0.112. The molecule has 0 aliphatic rings. The molecular weight excluding hydrogens is 212 g/mol. The van der Waals surface area contributed by atoms with Crippen LogP contribution in [0.1, 0.15) is 18.9 Å². The van der Waals surface area contributed by atoms with E-state index in [1.807, 2.05) is 13.0 Å². The highest BCUT2D eigenvalue weighted by Gasteiger charge is 2.16. The highest BCUT2D eigenvalue weighted by molar-refractivity contribution is 7.99. The Balaban J connectivity index is 3.12. The molecule has 0 aliphatic carbocycles. The van der Waals surface area contributed by atoms with E-state index in [1.54, 1.807) is 12.1 Å². The van der Waals surface area contributed by atoms with Gasteiger partial charge in [-0.25, -0.2) is 0 Å². The minimum Gasteiger partial charge on any atom is -0.258 e. The zero-order valence-corrected chi connectivity index (χ0v) is 9.08. The van der Waals surface area contributed by atoms with Gasteiger partial charge in [0.05, 0.1) is 4.92 Å². The maximum Gasteiger partial charge on any atom is 0.288 e. The first-order valence-corrected chi connectivity index (χ1v) is 5.49. The first-order valence-electron chi connectivity index (χ1n) is 4.51. The molecule has 1 aromatic carbocycles. The van der Waals surface area contributed by atoms with Crippen molar-refractivity contribution in [2.45, 2.75) is 18.2 Å². The van der Waals surface area contributed by atoms with Gasteiger partial charge in [0.1, 0.15) is 11.6 Å². The second kappa shape index (κ2) is 5.37. The van der Waals surface area contributed by atoms with Gasteiger partial charge in [-0.15, -0.1) is 11.8 Å². The first-order chi connectivity index (χ1) is 7.20. The summed E-state index contributed by atoms with van der Waals surface area (Å²) in [6, 6.07) is 6.60. The fraction of sp³-hybridized carbons (Fsp3) is 0.300. The number of nitrogens with zero attached hydrogens (tertiary/aromatic N) is 2. The van der Waals surface area contributed by atoms with Crippen LogP contribution in [-0.4, -0.2) is 10.7 Å². The van der Waals surface area contributed by atoms with Crippen LogP contribution in [0.15, 0.2) is 23.1 Å². The molecule has 0 amide bonds. The number of benzene rings is 1. The van der Waals surface area contributed by atoms with Gasteiger partial charge in [0.15, 0.2) is 0 Å². The van der Waals surface area contributed by atoms with Crippen molar-refractivity contribution < 1.29 is 4.92 Å². The van der Waals surface area contributed by atoms with Crippen molar-refractivity contribution in [1.29, 1.82) is 5.26 Å².